The molecule has 3 aromatic heterocycles. The molecule has 0 unspecified atom stereocenters. The Hall–Kier alpha value is -3.79. The van der Waals surface area contributed by atoms with Crippen LogP contribution in [0.5, 0.6) is 0 Å². The summed E-state index contributed by atoms with van der Waals surface area (Å²) in [5, 5.41) is 0. The van der Waals surface area contributed by atoms with Crippen molar-refractivity contribution in [3.8, 4) is 17.1 Å². The van der Waals surface area contributed by atoms with Crippen molar-refractivity contribution in [1.29, 1.82) is 0 Å². The van der Waals surface area contributed by atoms with Crippen LogP contribution >= 0.6 is 0 Å². The molecule has 1 aliphatic rings. The lowest BCUT2D eigenvalue weighted by Gasteiger charge is -2.28. The summed E-state index contributed by atoms with van der Waals surface area (Å²) in [6.07, 6.45) is 2.52. The molecule has 0 fully saturated rings. The van der Waals surface area contributed by atoms with Crippen LogP contribution in [0.15, 0.2) is 66.1 Å². The van der Waals surface area contributed by atoms with Crippen LogP contribution in [-0.4, -0.2) is 35.9 Å². The second-order valence-electron chi connectivity index (χ2n) is 7.85. The minimum absolute atomic E-state index is 0.211. The fourth-order valence-electron chi connectivity index (χ4n) is 4.03. The van der Waals surface area contributed by atoms with Crippen LogP contribution in [0.25, 0.3) is 17.1 Å². The number of benzene rings is 1. The molecule has 0 amide bonds. The number of nitrogens with zero attached hydrogens (tertiary/aromatic N) is 5. The molecule has 7 nitrogen and oxygen atoms in total. The van der Waals surface area contributed by atoms with Crippen LogP contribution in [0.2, 0.25) is 0 Å². The Kier molecular flexibility index (Phi) is 5.29. The van der Waals surface area contributed by atoms with E-state index in [1.54, 1.807) is 35.3 Å². The van der Waals surface area contributed by atoms with Crippen molar-refractivity contribution in [3.05, 3.63) is 94.2 Å². The highest BCUT2D eigenvalue weighted by Gasteiger charge is 2.30. The van der Waals surface area contributed by atoms with Gasteiger partial charge in [0.15, 0.2) is 0 Å². The van der Waals surface area contributed by atoms with E-state index in [2.05, 4.69) is 24.8 Å². The van der Waals surface area contributed by atoms with Gasteiger partial charge in [-0.2, -0.15) is 13.2 Å². The highest BCUT2D eigenvalue weighted by molar-refractivity contribution is 5.52. The van der Waals surface area contributed by atoms with Crippen molar-refractivity contribution in [2.24, 2.45) is 0 Å². The Balaban J connectivity index is 1.38. The summed E-state index contributed by atoms with van der Waals surface area (Å²) in [5.74, 6) is 0.436. The van der Waals surface area contributed by atoms with Gasteiger partial charge in [-0.25, -0.2) is 15.0 Å². The van der Waals surface area contributed by atoms with E-state index in [1.165, 1.54) is 12.4 Å². The number of fused-ring (bicyclic) bond motifs is 1. The lowest BCUT2D eigenvalue weighted by atomic mass is 10.1. The maximum atomic E-state index is 13.1. The number of hydrogen-bond donors (Lipinski definition) is 1. The quantitative estimate of drug-likeness (QED) is 0.512. The van der Waals surface area contributed by atoms with E-state index >= 15 is 0 Å². The van der Waals surface area contributed by atoms with Crippen molar-refractivity contribution < 1.29 is 13.2 Å². The number of aromatic amines is 1. The van der Waals surface area contributed by atoms with Gasteiger partial charge in [0.25, 0.3) is 5.56 Å². The first-order valence-corrected chi connectivity index (χ1v) is 10.3. The van der Waals surface area contributed by atoms with Gasteiger partial charge in [-0.05, 0) is 30.3 Å². The van der Waals surface area contributed by atoms with Gasteiger partial charge >= 0.3 is 6.18 Å². The molecule has 0 atom stereocenters. The summed E-state index contributed by atoms with van der Waals surface area (Å²) in [6.45, 7) is 1.55. The normalized spacial score (nSPS) is 14.3. The number of hydrogen-bond acceptors (Lipinski definition) is 5. The Morgan fingerprint density at radius 2 is 1.91 bits per heavy atom. The van der Waals surface area contributed by atoms with Crippen LogP contribution in [0.4, 0.5) is 13.2 Å². The van der Waals surface area contributed by atoms with E-state index < -0.39 is 11.7 Å². The summed E-state index contributed by atoms with van der Waals surface area (Å²) < 4.78 is 41.1. The standard InChI is InChI=1S/C23H19F3N6O/c24-23(25,26)16-3-1-4-17(9-16)32-7-2-5-18(32)12-31-8-6-20-19(13-31)22(33)30-21(29-20)15-10-27-14-28-11-15/h1-5,7,9-11,14H,6,8,12-13H2,(H,29,30,33). The Labute approximate surface area is 186 Å². The van der Waals surface area contributed by atoms with E-state index in [9.17, 15) is 18.0 Å². The van der Waals surface area contributed by atoms with Gasteiger partial charge in [-0.1, -0.05) is 6.07 Å². The lowest BCUT2D eigenvalue weighted by molar-refractivity contribution is -0.137. The van der Waals surface area contributed by atoms with E-state index in [0.717, 1.165) is 23.5 Å². The third-order valence-electron chi connectivity index (χ3n) is 5.65. The number of H-pyrrole nitrogens is 1. The molecular formula is C23H19F3N6O. The number of alkyl halides is 3. The molecule has 1 aliphatic heterocycles. The molecule has 5 rings (SSSR count). The molecule has 1 aromatic carbocycles. The van der Waals surface area contributed by atoms with Crippen molar-refractivity contribution in [1.82, 2.24) is 29.4 Å². The molecule has 4 aromatic rings. The minimum atomic E-state index is -4.40. The zero-order valence-corrected chi connectivity index (χ0v) is 17.4. The number of nitrogens with one attached hydrogen (secondary N) is 1. The van der Waals surface area contributed by atoms with Gasteiger partial charge in [-0.3, -0.25) is 9.69 Å². The van der Waals surface area contributed by atoms with Crippen molar-refractivity contribution in [2.45, 2.75) is 25.7 Å². The van der Waals surface area contributed by atoms with Gasteiger partial charge < -0.3 is 9.55 Å². The highest BCUT2D eigenvalue weighted by atomic mass is 19.4. The fourth-order valence-corrected chi connectivity index (χ4v) is 4.03. The molecule has 1 N–H and O–H groups in total. The molecule has 0 aliphatic carbocycles. The van der Waals surface area contributed by atoms with E-state index in [4.69, 9.17) is 0 Å². The topological polar surface area (TPSA) is 79.7 Å². The zero-order chi connectivity index (χ0) is 23.0. The molecule has 0 saturated heterocycles. The molecular weight excluding hydrogens is 433 g/mol. The zero-order valence-electron chi connectivity index (χ0n) is 17.4. The summed E-state index contributed by atoms with van der Waals surface area (Å²) in [5.41, 5.74) is 2.34. The SMILES string of the molecule is O=c1[nH]c(-c2cncnc2)nc2c1CN(Cc1cccn1-c1cccc(C(F)(F)F)c1)CC2. The first-order valence-electron chi connectivity index (χ1n) is 10.3. The van der Waals surface area contributed by atoms with Crippen LogP contribution in [0, 0.1) is 0 Å². The second kappa shape index (κ2) is 8.28. The Morgan fingerprint density at radius 1 is 1.09 bits per heavy atom. The van der Waals surface area contributed by atoms with E-state index in [0.29, 0.717) is 48.7 Å². The van der Waals surface area contributed by atoms with Crippen molar-refractivity contribution >= 4 is 0 Å². The molecule has 0 spiro atoms. The molecule has 0 bridgehead atoms. The Morgan fingerprint density at radius 3 is 2.70 bits per heavy atom. The smallest absolute Gasteiger partial charge is 0.320 e. The minimum Gasteiger partial charge on any atom is -0.320 e. The number of halogens is 3. The predicted molar refractivity (Wildman–Crippen MR) is 114 cm³/mol. The number of rotatable bonds is 4. The van der Waals surface area contributed by atoms with Gasteiger partial charge in [0, 0.05) is 56.0 Å². The van der Waals surface area contributed by atoms with Gasteiger partial charge in [0.05, 0.1) is 22.4 Å². The third kappa shape index (κ3) is 4.29. The third-order valence-corrected chi connectivity index (χ3v) is 5.65. The lowest BCUT2D eigenvalue weighted by Crippen LogP contribution is -2.35. The molecule has 4 heterocycles. The average molecular weight is 452 g/mol. The van der Waals surface area contributed by atoms with Crippen LogP contribution < -0.4 is 5.56 Å². The van der Waals surface area contributed by atoms with Crippen molar-refractivity contribution in [3.63, 3.8) is 0 Å². The fraction of sp³-hybridized carbons (Fsp3) is 0.217. The molecule has 0 radical (unpaired) electrons. The largest absolute Gasteiger partial charge is 0.416 e. The summed E-state index contributed by atoms with van der Waals surface area (Å²) in [7, 11) is 0. The second-order valence-corrected chi connectivity index (χ2v) is 7.85. The van der Waals surface area contributed by atoms with Crippen LogP contribution in [-0.2, 0) is 25.7 Å². The predicted octanol–water partition coefficient (Wildman–Crippen LogP) is 3.59. The maximum absolute atomic E-state index is 13.1. The number of aromatic nitrogens is 5. The molecule has 33 heavy (non-hydrogen) atoms. The van der Waals surface area contributed by atoms with Gasteiger partial charge in [-0.15, -0.1) is 0 Å². The first kappa shape index (κ1) is 21.1. The molecule has 10 heteroatoms. The molecule has 168 valence electrons. The highest BCUT2D eigenvalue weighted by Crippen LogP contribution is 2.31. The van der Waals surface area contributed by atoms with Crippen LogP contribution in [0.3, 0.4) is 0 Å². The van der Waals surface area contributed by atoms with E-state index in [-0.39, 0.29) is 5.56 Å². The monoisotopic (exact) mass is 452 g/mol. The van der Waals surface area contributed by atoms with Gasteiger partial charge in [0.2, 0.25) is 0 Å². The Bertz CT molecular complexity index is 1350. The maximum Gasteiger partial charge on any atom is 0.416 e. The molecule has 0 saturated carbocycles. The summed E-state index contributed by atoms with van der Waals surface area (Å²) >= 11 is 0. The van der Waals surface area contributed by atoms with Gasteiger partial charge in [0.1, 0.15) is 12.2 Å². The van der Waals surface area contributed by atoms with Crippen LogP contribution in [0.1, 0.15) is 22.5 Å². The van der Waals surface area contributed by atoms with E-state index in [1.807, 2.05) is 6.07 Å². The first-order chi connectivity index (χ1) is 15.9. The summed E-state index contributed by atoms with van der Waals surface area (Å²) in [6, 6.07) is 8.92. The summed E-state index contributed by atoms with van der Waals surface area (Å²) in [4.78, 5) is 30.2. The average Bonchev–Trinajstić information content (AvgIpc) is 3.27. The van der Waals surface area contributed by atoms with Crippen molar-refractivity contribution in [2.75, 3.05) is 6.54 Å².